The summed E-state index contributed by atoms with van der Waals surface area (Å²) in [7, 11) is 1.22. The number of carboxylic acid groups (broad SMARTS) is 1. The number of rotatable bonds is 5. The van der Waals surface area contributed by atoms with E-state index in [2.05, 4.69) is 5.32 Å². The minimum atomic E-state index is -2.61. The first-order valence-corrected chi connectivity index (χ1v) is 4.67. The van der Waals surface area contributed by atoms with E-state index < -0.39 is 30.4 Å². The third-order valence-electron chi connectivity index (χ3n) is 2.02. The molecular formula is C9H16F2N2O3. The van der Waals surface area contributed by atoms with Crippen molar-refractivity contribution in [3.8, 4) is 0 Å². The SMILES string of the molecule is CN(CC(F)F)C(=O)NCC(C)(C)C(=O)O. The number of carbonyl (C=O) groups is 2. The molecule has 0 rings (SSSR count). The van der Waals surface area contributed by atoms with Gasteiger partial charge in [-0.05, 0) is 13.8 Å². The lowest BCUT2D eigenvalue weighted by Crippen LogP contribution is -2.45. The van der Waals surface area contributed by atoms with Crippen LogP contribution in [0.5, 0.6) is 0 Å². The van der Waals surface area contributed by atoms with Crippen molar-refractivity contribution in [3.05, 3.63) is 0 Å². The molecule has 0 saturated heterocycles. The topological polar surface area (TPSA) is 69.6 Å². The van der Waals surface area contributed by atoms with E-state index in [1.165, 1.54) is 20.9 Å². The molecule has 0 aromatic heterocycles. The molecular weight excluding hydrogens is 222 g/mol. The lowest BCUT2D eigenvalue weighted by molar-refractivity contribution is -0.146. The zero-order chi connectivity index (χ0) is 12.9. The van der Waals surface area contributed by atoms with Crippen LogP contribution >= 0.6 is 0 Å². The highest BCUT2D eigenvalue weighted by atomic mass is 19.3. The van der Waals surface area contributed by atoms with Crippen LogP contribution in [0.25, 0.3) is 0 Å². The van der Waals surface area contributed by atoms with Crippen molar-refractivity contribution in [2.45, 2.75) is 20.3 Å². The Labute approximate surface area is 92.4 Å². The maximum atomic E-state index is 11.9. The number of halogens is 2. The average Bonchev–Trinajstić information content (AvgIpc) is 2.12. The van der Waals surface area contributed by atoms with Crippen LogP contribution in [0, 0.1) is 5.41 Å². The van der Waals surface area contributed by atoms with Crippen LogP contribution in [0.4, 0.5) is 13.6 Å². The molecule has 7 heteroatoms. The molecule has 0 bridgehead atoms. The molecule has 0 unspecified atom stereocenters. The van der Waals surface area contributed by atoms with Crippen LogP contribution in [0.2, 0.25) is 0 Å². The van der Waals surface area contributed by atoms with Crippen molar-refractivity contribution in [1.82, 2.24) is 10.2 Å². The van der Waals surface area contributed by atoms with Crippen molar-refractivity contribution in [2.24, 2.45) is 5.41 Å². The van der Waals surface area contributed by atoms with Gasteiger partial charge in [-0.3, -0.25) is 4.79 Å². The van der Waals surface area contributed by atoms with E-state index in [9.17, 15) is 18.4 Å². The van der Waals surface area contributed by atoms with E-state index >= 15 is 0 Å². The van der Waals surface area contributed by atoms with Crippen molar-refractivity contribution in [1.29, 1.82) is 0 Å². The van der Waals surface area contributed by atoms with E-state index in [4.69, 9.17) is 5.11 Å². The van der Waals surface area contributed by atoms with Crippen molar-refractivity contribution in [2.75, 3.05) is 20.1 Å². The standard InChI is InChI=1S/C9H16F2N2O3/c1-9(2,7(14)15)5-12-8(16)13(3)4-6(10)11/h6H,4-5H2,1-3H3,(H,12,16)(H,14,15). The molecule has 0 radical (unpaired) electrons. The first-order valence-electron chi connectivity index (χ1n) is 4.67. The molecule has 0 aromatic rings. The van der Waals surface area contributed by atoms with Gasteiger partial charge in [0.2, 0.25) is 0 Å². The summed E-state index contributed by atoms with van der Waals surface area (Å²) in [6.45, 7) is 2.07. The molecule has 2 N–H and O–H groups in total. The predicted molar refractivity (Wildman–Crippen MR) is 53.4 cm³/mol. The van der Waals surface area contributed by atoms with Gasteiger partial charge in [0.25, 0.3) is 6.43 Å². The molecule has 0 aromatic carbocycles. The fraction of sp³-hybridized carbons (Fsp3) is 0.778. The molecule has 2 amide bonds. The largest absolute Gasteiger partial charge is 0.481 e. The number of hydrogen-bond donors (Lipinski definition) is 2. The first-order chi connectivity index (χ1) is 7.16. The Bertz CT molecular complexity index is 269. The van der Waals surface area contributed by atoms with Gasteiger partial charge in [0, 0.05) is 13.6 Å². The second kappa shape index (κ2) is 5.62. The summed E-state index contributed by atoms with van der Waals surface area (Å²) in [6, 6.07) is -0.713. The predicted octanol–water partition coefficient (Wildman–Crippen LogP) is 1.00. The smallest absolute Gasteiger partial charge is 0.317 e. The van der Waals surface area contributed by atoms with Gasteiger partial charge < -0.3 is 15.3 Å². The van der Waals surface area contributed by atoms with Gasteiger partial charge in [0.05, 0.1) is 12.0 Å². The molecule has 0 saturated carbocycles. The number of nitrogens with one attached hydrogen (secondary N) is 1. The fourth-order valence-electron chi connectivity index (χ4n) is 0.797. The number of hydrogen-bond acceptors (Lipinski definition) is 2. The third-order valence-corrected chi connectivity index (χ3v) is 2.02. The third kappa shape index (κ3) is 4.90. The van der Waals surface area contributed by atoms with Crippen LogP contribution in [0.15, 0.2) is 0 Å². The number of amides is 2. The van der Waals surface area contributed by atoms with Crippen molar-refractivity contribution < 1.29 is 23.5 Å². The molecule has 0 spiro atoms. The van der Waals surface area contributed by atoms with Crippen molar-refractivity contribution >= 4 is 12.0 Å². The summed E-state index contributed by atoms with van der Waals surface area (Å²) in [4.78, 5) is 22.7. The van der Waals surface area contributed by atoms with E-state index in [0.29, 0.717) is 0 Å². The number of aliphatic carboxylic acids is 1. The van der Waals surface area contributed by atoms with E-state index in [-0.39, 0.29) is 6.54 Å². The first kappa shape index (κ1) is 14.6. The molecule has 0 aliphatic rings. The zero-order valence-electron chi connectivity index (χ0n) is 9.46. The molecule has 0 aliphatic heterocycles. The maximum absolute atomic E-state index is 11.9. The van der Waals surface area contributed by atoms with Gasteiger partial charge in [-0.25, -0.2) is 13.6 Å². The number of urea groups is 1. The lowest BCUT2D eigenvalue weighted by Gasteiger charge is -2.22. The molecule has 0 fully saturated rings. The van der Waals surface area contributed by atoms with Crippen LogP contribution in [0.3, 0.4) is 0 Å². The molecule has 94 valence electrons. The van der Waals surface area contributed by atoms with Crippen LogP contribution < -0.4 is 5.32 Å². The van der Waals surface area contributed by atoms with E-state index in [1.54, 1.807) is 0 Å². The Morgan fingerprint density at radius 2 is 1.94 bits per heavy atom. The zero-order valence-corrected chi connectivity index (χ0v) is 9.46. The highest BCUT2D eigenvalue weighted by molar-refractivity contribution is 5.77. The summed E-state index contributed by atoms with van der Waals surface area (Å²) in [6.07, 6.45) is -2.61. The van der Waals surface area contributed by atoms with Gasteiger partial charge in [-0.2, -0.15) is 0 Å². The van der Waals surface area contributed by atoms with E-state index in [1.807, 2.05) is 0 Å². The lowest BCUT2D eigenvalue weighted by atomic mass is 9.94. The Balaban J connectivity index is 4.12. The second-order valence-electron chi connectivity index (χ2n) is 4.12. The highest BCUT2D eigenvalue weighted by Gasteiger charge is 2.28. The quantitative estimate of drug-likeness (QED) is 0.750. The maximum Gasteiger partial charge on any atom is 0.317 e. The Morgan fingerprint density at radius 3 is 2.31 bits per heavy atom. The molecule has 0 aliphatic carbocycles. The van der Waals surface area contributed by atoms with Crippen LogP contribution in [-0.2, 0) is 4.79 Å². The summed E-state index contributed by atoms with van der Waals surface area (Å²) < 4.78 is 23.9. The number of carbonyl (C=O) groups excluding carboxylic acids is 1. The number of carboxylic acids is 1. The normalized spacial score (nSPS) is 11.4. The van der Waals surface area contributed by atoms with Gasteiger partial charge in [-0.15, -0.1) is 0 Å². The van der Waals surface area contributed by atoms with Gasteiger partial charge >= 0.3 is 12.0 Å². The Hall–Kier alpha value is -1.40. The monoisotopic (exact) mass is 238 g/mol. The number of nitrogens with zero attached hydrogens (tertiary/aromatic N) is 1. The summed E-state index contributed by atoms with van der Waals surface area (Å²) in [5.74, 6) is -1.07. The van der Waals surface area contributed by atoms with Gasteiger partial charge in [-0.1, -0.05) is 0 Å². The van der Waals surface area contributed by atoms with Crippen LogP contribution in [0.1, 0.15) is 13.8 Å². The van der Waals surface area contributed by atoms with Crippen molar-refractivity contribution in [3.63, 3.8) is 0 Å². The second-order valence-corrected chi connectivity index (χ2v) is 4.12. The summed E-state index contributed by atoms with van der Waals surface area (Å²) in [5.41, 5.74) is -1.12. The molecule has 0 heterocycles. The summed E-state index contributed by atoms with van der Waals surface area (Å²) in [5, 5.41) is 11.0. The molecule has 5 nitrogen and oxygen atoms in total. The van der Waals surface area contributed by atoms with Gasteiger partial charge in [0.15, 0.2) is 0 Å². The van der Waals surface area contributed by atoms with Gasteiger partial charge in [0.1, 0.15) is 0 Å². The molecule has 0 atom stereocenters. The van der Waals surface area contributed by atoms with Crippen LogP contribution in [-0.4, -0.2) is 48.6 Å². The Kier molecular flexibility index (Phi) is 5.13. The molecule has 16 heavy (non-hydrogen) atoms. The van der Waals surface area contributed by atoms with E-state index in [0.717, 1.165) is 4.90 Å². The highest BCUT2D eigenvalue weighted by Crippen LogP contribution is 2.13. The minimum absolute atomic E-state index is 0.116. The average molecular weight is 238 g/mol. The summed E-state index contributed by atoms with van der Waals surface area (Å²) >= 11 is 0. The Morgan fingerprint density at radius 1 is 1.44 bits per heavy atom. The minimum Gasteiger partial charge on any atom is -0.481 e. The fourth-order valence-corrected chi connectivity index (χ4v) is 0.797. The number of alkyl halides is 2.